The number of halogens is 2. The van der Waals surface area contributed by atoms with Crippen LogP contribution in [0.25, 0.3) is 11.3 Å². The number of nitrogens with one attached hydrogen (secondary N) is 2. The molecule has 196 valence electrons. The highest BCUT2D eigenvalue weighted by Gasteiger charge is 2.35. The number of aryl methyl sites for hydroxylation is 1. The molecule has 1 amide bonds. The van der Waals surface area contributed by atoms with Gasteiger partial charge in [0.05, 0.1) is 17.8 Å². The minimum atomic E-state index is -0.963. The molecule has 2 aromatic carbocycles. The Labute approximate surface area is 217 Å². The maximum absolute atomic E-state index is 13.7. The van der Waals surface area contributed by atoms with Crippen molar-refractivity contribution in [3.63, 3.8) is 0 Å². The summed E-state index contributed by atoms with van der Waals surface area (Å²) in [4.78, 5) is 16.5. The number of rotatable bonds is 9. The van der Waals surface area contributed by atoms with Crippen molar-refractivity contribution in [1.29, 1.82) is 0 Å². The summed E-state index contributed by atoms with van der Waals surface area (Å²) in [5.41, 5.74) is 4.29. The van der Waals surface area contributed by atoms with Crippen LogP contribution in [0.15, 0.2) is 60.8 Å². The molecule has 4 rings (SSSR count). The number of carbonyl (C=O) groups is 1. The largest absolute Gasteiger partial charge is 0.390 e. The van der Waals surface area contributed by atoms with Gasteiger partial charge in [-0.05, 0) is 67.1 Å². The molecule has 1 aliphatic rings. The number of aliphatic hydroxyl groups is 1. The number of aromatic nitrogens is 1. The fourth-order valence-electron chi connectivity index (χ4n) is 5.44. The van der Waals surface area contributed by atoms with Gasteiger partial charge in [-0.15, -0.1) is 0 Å². The Kier molecular flexibility index (Phi) is 8.67. The summed E-state index contributed by atoms with van der Waals surface area (Å²) in [5, 5.41) is 17.5. The number of hydrogen-bond acceptors (Lipinski definition) is 4. The normalized spacial score (nSPS) is 16.7. The predicted octanol–water partition coefficient (Wildman–Crippen LogP) is 5.19. The molecule has 0 spiro atoms. The highest BCUT2D eigenvalue weighted by Crippen LogP contribution is 2.38. The zero-order chi connectivity index (χ0) is 26.4. The lowest BCUT2D eigenvalue weighted by molar-refractivity contribution is -0.120. The predicted molar refractivity (Wildman–Crippen MR) is 141 cm³/mol. The van der Waals surface area contributed by atoms with Crippen LogP contribution in [0.3, 0.4) is 0 Å². The van der Waals surface area contributed by atoms with Crippen LogP contribution in [-0.4, -0.2) is 34.7 Å². The summed E-state index contributed by atoms with van der Waals surface area (Å²) in [6, 6.07) is 15.0. The molecule has 1 aliphatic carbocycles. The number of carbonyl (C=O) groups excluding carboxylic acids is 1. The maximum Gasteiger partial charge on any atom is 0.217 e. The van der Waals surface area contributed by atoms with Gasteiger partial charge in [0.25, 0.3) is 0 Å². The summed E-state index contributed by atoms with van der Waals surface area (Å²) in [7, 11) is 0. The summed E-state index contributed by atoms with van der Waals surface area (Å²) < 4.78 is 27.5. The van der Waals surface area contributed by atoms with Gasteiger partial charge < -0.3 is 15.7 Å². The molecule has 1 fully saturated rings. The van der Waals surface area contributed by atoms with E-state index in [-0.39, 0.29) is 24.4 Å². The van der Waals surface area contributed by atoms with Crippen molar-refractivity contribution in [2.24, 2.45) is 0 Å². The van der Waals surface area contributed by atoms with E-state index in [1.165, 1.54) is 19.1 Å². The summed E-state index contributed by atoms with van der Waals surface area (Å²) in [6.45, 7) is 3.63. The lowest BCUT2D eigenvalue weighted by Gasteiger charge is -2.40. The zero-order valence-corrected chi connectivity index (χ0v) is 21.4. The quantitative estimate of drug-likeness (QED) is 0.373. The van der Waals surface area contributed by atoms with Gasteiger partial charge in [0.15, 0.2) is 0 Å². The summed E-state index contributed by atoms with van der Waals surface area (Å²) in [5.74, 6) is -1.69. The van der Waals surface area contributed by atoms with Crippen LogP contribution in [0, 0.1) is 18.6 Å². The molecule has 37 heavy (non-hydrogen) atoms. The van der Waals surface area contributed by atoms with Crippen molar-refractivity contribution in [1.82, 2.24) is 15.6 Å². The average molecular weight is 508 g/mol. The number of nitrogens with zero attached hydrogens (tertiary/aromatic N) is 1. The van der Waals surface area contributed by atoms with Crippen molar-refractivity contribution in [2.45, 2.75) is 70.1 Å². The van der Waals surface area contributed by atoms with Gasteiger partial charge in [-0.25, -0.2) is 8.78 Å². The Morgan fingerprint density at radius 3 is 2.46 bits per heavy atom. The smallest absolute Gasteiger partial charge is 0.217 e. The third kappa shape index (κ3) is 6.79. The van der Waals surface area contributed by atoms with Gasteiger partial charge in [-0.1, -0.05) is 43.5 Å². The van der Waals surface area contributed by atoms with Crippen molar-refractivity contribution >= 4 is 5.91 Å². The Hall–Kier alpha value is -3.16. The van der Waals surface area contributed by atoms with Crippen molar-refractivity contribution in [3.8, 4) is 11.3 Å². The third-order valence-electron chi connectivity index (χ3n) is 7.29. The number of benzene rings is 2. The van der Waals surface area contributed by atoms with Gasteiger partial charge in [-0.3, -0.25) is 9.78 Å². The van der Waals surface area contributed by atoms with Gasteiger partial charge in [0, 0.05) is 36.8 Å². The molecule has 2 atom stereocenters. The summed E-state index contributed by atoms with van der Waals surface area (Å²) in [6.07, 6.45) is 6.07. The average Bonchev–Trinajstić information content (AvgIpc) is 2.87. The SMILES string of the molecule is CC(=O)N[C@@H](Cc1cc(F)cc(F)c1)[C@H](O)CNC1(c2cccc(-c3ncccc3C)c2)CCCCC1. The van der Waals surface area contributed by atoms with Gasteiger partial charge >= 0.3 is 0 Å². The van der Waals surface area contributed by atoms with Crippen LogP contribution in [0.4, 0.5) is 8.78 Å². The highest BCUT2D eigenvalue weighted by molar-refractivity contribution is 5.73. The van der Waals surface area contributed by atoms with E-state index < -0.39 is 23.8 Å². The fraction of sp³-hybridized carbons (Fsp3) is 0.400. The molecule has 3 aromatic rings. The molecule has 0 unspecified atom stereocenters. The Morgan fingerprint density at radius 1 is 1.05 bits per heavy atom. The lowest BCUT2D eigenvalue weighted by atomic mass is 9.76. The monoisotopic (exact) mass is 507 g/mol. The number of aliphatic hydroxyl groups excluding tert-OH is 1. The maximum atomic E-state index is 13.7. The first-order valence-electron chi connectivity index (χ1n) is 12.9. The number of pyridine rings is 1. The first-order chi connectivity index (χ1) is 17.8. The second-order valence-electron chi connectivity index (χ2n) is 10.1. The van der Waals surface area contributed by atoms with Crippen LogP contribution < -0.4 is 10.6 Å². The van der Waals surface area contributed by atoms with E-state index in [9.17, 15) is 18.7 Å². The molecule has 0 saturated heterocycles. The van der Waals surface area contributed by atoms with E-state index in [1.54, 1.807) is 6.20 Å². The third-order valence-corrected chi connectivity index (χ3v) is 7.29. The van der Waals surface area contributed by atoms with Crippen molar-refractivity contribution in [3.05, 3.63) is 89.1 Å². The molecule has 1 saturated carbocycles. The van der Waals surface area contributed by atoms with Crippen molar-refractivity contribution in [2.75, 3.05) is 6.54 Å². The second-order valence-corrected chi connectivity index (χ2v) is 10.1. The minimum Gasteiger partial charge on any atom is -0.390 e. The first-order valence-corrected chi connectivity index (χ1v) is 12.9. The summed E-state index contributed by atoms with van der Waals surface area (Å²) >= 11 is 0. The zero-order valence-electron chi connectivity index (χ0n) is 21.4. The molecule has 0 aliphatic heterocycles. The van der Waals surface area contributed by atoms with Gasteiger partial charge in [-0.2, -0.15) is 0 Å². The van der Waals surface area contributed by atoms with Crippen LogP contribution >= 0.6 is 0 Å². The van der Waals surface area contributed by atoms with E-state index in [0.717, 1.165) is 60.6 Å². The molecule has 5 nitrogen and oxygen atoms in total. The number of hydrogen-bond donors (Lipinski definition) is 3. The molecule has 1 aromatic heterocycles. The van der Waals surface area contributed by atoms with E-state index in [2.05, 4.69) is 33.8 Å². The standard InChI is InChI=1S/C30H35F2N3O2/c1-20-8-7-13-33-29(20)23-9-6-10-24(17-23)30(11-4-3-5-12-30)34-19-28(37)27(35-21(2)36)16-22-14-25(31)18-26(32)15-22/h6-10,13-15,17-18,27-28,34,37H,3-5,11-12,16,19H2,1-2H3,(H,35,36)/t27-,28+/m0/s1. The molecular weight excluding hydrogens is 472 g/mol. The van der Waals surface area contributed by atoms with Crippen molar-refractivity contribution < 1.29 is 18.7 Å². The fourth-order valence-corrected chi connectivity index (χ4v) is 5.44. The van der Waals surface area contributed by atoms with E-state index in [1.807, 2.05) is 25.1 Å². The van der Waals surface area contributed by atoms with E-state index in [4.69, 9.17) is 0 Å². The topological polar surface area (TPSA) is 74.2 Å². The van der Waals surface area contributed by atoms with Crippen LogP contribution in [0.5, 0.6) is 0 Å². The van der Waals surface area contributed by atoms with Gasteiger partial charge in [0.1, 0.15) is 11.6 Å². The van der Waals surface area contributed by atoms with E-state index in [0.29, 0.717) is 5.56 Å². The number of amides is 1. The van der Waals surface area contributed by atoms with Gasteiger partial charge in [0.2, 0.25) is 5.91 Å². The molecule has 1 heterocycles. The Morgan fingerprint density at radius 2 is 1.78 bits per heavy atom. The lowest BCUT2D eigenvalue weighted by Crippen LogP contribution is -2.53. The molecular formula is C30H35F2N3O2. The van der Waals surface area contributed by atoms with E-state index >= 15 is 0 Å². The highest BCUT2D eigenvalue weighted by atomic mass is 19.1. The van der Waals surface area contributed by atoms with Crippen LogP contribution in [0.2, 0.25) is 0 Å². The molecule has 7 heteroatoms. The first kappa shape index (κ1) is 26.9. The molecule has 0 bridgehead atoms. The Balaban J connectivity index is 1.56. The molecule has 0 radical (unpaired) electrons. The minimum absolute atomic E-state index is 0.110. The van der Waals surface area contributed by atoms with Crippen LogP contribution in [0.1, 0.15) is 55.7 Å². The Bertz CT molecular complexity index is 1210. The van der Waals surface area contributed by atoms with Crippen LogP contribution in [-0.2, 0) is 16.8 Å². The second kappa shape index (κ2) is 11.9. The molecule has 3 N–H and O–H groups in total.